The second-order valence-corrected chi connectivity index (χ2v) is 7.63. The van der Waals surface area contributed by atoms with Gasteiger partial charge in [0.05, 0.1) is 11.9 Å². The smallest absolute Gasteiger partial charge is 0.242 e. The molecule has 0 saturated heterocycles. The lowest BCUT2D eigenvalue weighted by atomic mass is 10.3. The number of hydrogen-bond donors (Lipinski definition) is 4. The molecule has 0 aliphatic heterocycles. The van der Waals surface area contributed by atoms with Crippen LogP contribution in [0.3, 0.4) is 0 Å². The molecule has 5 N–H and O–H groups in total. The fraction of sp³-hybridized carbons (Fsp3) is 0.400. The second kappa shape index (κ2) is 6.99. The van der Waals surface area contributed by atoms with E-state index >= 15 is 0 Å². The summed E-state index contributed by atoms with van der Waals surface area (Å²) in [6.45, 7) is 0.280. The van der Waals surface area contributed by atoms with Gasteiger partial charge in [0.1, 0.15) is 4.90 Å². The van der Waals surface area contributed by atoms with E-state index in [-0.39, 0.29) is 23.7 Å². The van der Waals surface area contributed by atoms with Gasteiger partial charge in [-0.15, -0.1) is 0 Å². The molecule has 114 valence electrons. The zero-order valence-corrected chi connectivity index (χ0v) is 12.6. The number of benzene rings is 1. The summed E-state index contributed by atoms with van der Waals surface area (Å²) in [4.78, 5) is 0.0403. The van der Waals surface area contributed by atoms with Crippen molar-refractivity contribution in [2.45, 2.75) is 11.3 Å². The Labute approximate surface area is 118 Å². The van der Waals surface area contributed by atoms with Crippen LogP contribution in [0.25, 0.3) is 0 Å². The fourth-order valence-corrected chi connectivity index (χ4v) is 3.21. The molecule has 0 unspecified atom stereocenters. The minimum Gasteiger partial charge on any atom is -0.323 e. The van der Waals surface area contributed by atoms with Gasteiger partial charge in [0, 0.05) is 13.1 Å². The maximum absolute atomic E-state index is 12.0. The highest BCUT2D eigenvalue weighted by Crippen LogP contribution is 2.19. The van der Waals surface area contributed by atoms with Gasteiger partial charge in [-0.05, 0) is 18.6 Å². The number of hydrogen-bond acceptors (Lipinski definition) is 6. The standard InChI is InChI=1S/C10H18N4O4S2/c1-19(15,16)12-7-4-8-13-20(17,18)10-6-3-2-5-9(10)14-11/h2-3,5-6,12-14H,4,7-8,11H2,1H3. The maximum Gasteiger partial charge on any atom is 0.242 e. The van der Waals surface area contributed by atoms with Gasteiger partial charge in [0.15, 0.2) is 0 Å². The Morgan fingerprint density at radius 2 is 1.65 bits per heavy atom. The first-order valence-corrected chi connectivity index (χ1v) is 9.13. The molecule has 0 atom stereocenters. The third-order valence-electron chi connectivity index (χ3n) is 2.34. The van der Waals surface area contributed by atoms with Crippen molar-refractivity contribution < 1.29 is 16.8 Å². The topological polar surface area (TPSA) is 130 Å². The van der Waals surface area contributed by atoms with Gasteiger partial charge in [0.2, 0.25) is 20.0 Å². The van der Waals surface area contributed by atoms with E-state index in [0.717, 1.165) is 6.26 Å². The molecule has 1 aromatic rings. The zero-order chi connectivity index (χ0) is 15.2. The third kappa shape index (κ3) is 5.43. The Morgan fingerprint density at radius 1 is 1.05 bits per heavy atom. The van der Waals surface area contributed by atoms with Crippen LogP contribution in [0.5, 0.6) is 0 Å². The number of anilines is 1. The summed E-state index contributed by atoms with van der Waals surface area (Å²) >= 11 is 0. The first-order valence-electron chi connectivity index (χ1n) is 5.76. The summed E-state index contributed by atoms with van der Waals surface area (Å²) in [5.74, 6) is 5.25. The molecular weight excluding hydrogens is 304 g/mol. The lowest BCUT2D eigenvalue weighted by Crippen LogP contribution is -2.30. The summed E-state index contributed by atoms with van der Waals surface area (Å²) in [6, 6.07) is 6.21. The summed E-state index contributed by atoms with van der Waals surface area (Å²) in [7, 11) is -6.95. The minimum absolute atomic E-state index is 0.0403. The van der Waals surface area contributed by atoms with Gasteiger partial charge >= 0.3 is 0 Å². The Morgan fingerprint density at radius 3 is 2.25 bits per heavy atom. The van der Waals surface area contributed by atoms with Crippen molar-refractivity contribution in [1.29, 1.82) is 0 Å². The van der Waals surface area contributed by atoms with Crippen LogP contribution in [-0.4, -0.2) is 36.2 Å². The molecule has 0 aliphatic rings. The monoisotopic (exact) mass is 322 g/mol. The maximum atomic E-state index is 12.0. The molecule has 0 spiro atoms. The Hall–Kier alpha value is -1.20. The van der Waals surface area contributed by atoms with E-state index in [1.54, 1.807) is 18.2 Å². The highest BCUT2D eigenvalue weighted by Gasteiger charge is 2.16. The Bertz CT molecular complexity index is 643. The van der Waals surface area contributed by atoms with Gasteiger partial charge in [0.25, 0.3) is 0 Å². The van der Waals surface area contributed by atoms with Gasteiger partial charge < -0.3 is 5.43 Å². The van der Waals surface area contributed by atoms with Crippen molar-refractivity contribution >= 4 is 25.7 Å². The van der Waals surface area contributed by atoms with Crippen LogP contribution in [0.4, 0.5) is 5.69 Å². The van der Waals surface area contributed by atoms with Crippen LogP contribution in [-0.2, 0) is 20.0 Å². The summed E-state index contributed by atoms with van der Waals surface area (Å²) in [5, 5.41) is 0. The lowest BCUT2D eigenvalue weighted by Gasteiger charge is -2.10. The van der Waals surface area contributed by atoms with Crippen LogP contribution in [0.1, 0.15) is 6.42 Å². The molecular formula is C10H18N4O4S2. The molecule has 0 heterocycles. The third-order valence-corrected chi connectivity index (χ3v) is 4.59. The van der Waals surface area contributed by atoms with Gasteiger partial charge in [-0.3, -0.25) is 5.84 Å². The van der Waals surface area contributed by atoms with Crippen LogP contribution in [0.15, 0.2) is 29.2 Å². The molecule has 10 heteroatoms. The van der Waals surface area contributed by atoms with E-state index < -0.39 is 20.0 Å². The average molecular weight is 322 g/mol. The predicted molar refractivity (Wildman–Crippen MR) is 76.9 cm³/mol. The van der Waals surface area contributed by atoms with Crippen molar-refractivity contribution in [3.8, 4) is 0 Å². The quantitative estimate of drug-likeness (QED) is 0.281. The lowest BCUT2D eigenvalue weighted by molar-refractivity contribution is 0.575. The van der Waals surface area contributed by atoms with Crippen LogP contribution in [0.2, 0.25) is 0 Å². The Kier molecular flexibility index (Phi) is 5.89. The number of nitrogen functional groups attached to an aromatic ring is 1. The fourth-order valence-electron chi connectivity index (χ4n) is 1.45. The van der Waals surface area contributed by atoms with E-state index in [1.807, 2.05) is 0 Å². The van der Waals surface area contributed by atoms with Gasteiger partial charge in [-0.2, -0.15) is 0 Å². The summed E-state index contributed by atoms with van der Waals surface area (Å²) < 4.78 is 50.4. The van der Waals surface area contributed by atoms with Crippen molar-refractivity contribution in [2.75, 3.05) is 24.8 Å². The summed E-state index contributed by atoms with van der Waals surface area (Å²) in [5.41, 5.74) is 2.60. The molecule has 0 aliphatic carbocycles. The molecule has 0 amide bonds. The number of para-hydroxylation sites is 1. The average Bonchev–Trinajstić information content (AvgIpc) is 2.36. The molecule has 20 heavy (non-hydrogen) atoms. The van der Waals surface area contributed by atoms with E-state index in [9.17, 15) is 16.8 Å². The number of nitrogens with two attached hydrogens (primary N) is 1. The molecule has 0 aromatic heterocycles. The van der Waals surface area contributed by atoms with Crippen molar-refractivity contribution in [1.82, 2.24) is 9.44 Å². The van der Waals surface area contributed by atoms with E-state index in [0.29, 0.717) is 6.42 Å². The first kappa shape index (κ1) is 16.9. The second-order valence-electron chi connectivity index (χ2n) is 4.06. The largest absolute Gasteiger partial charge is 0.323 e. The number of rotatable bonds is 8. The Balaban J connectivity index is 2.58. The molecule has 0 saturated carbocycles. The van der Waals surface area contributed by atoms with Gasteiger partial charge in [-0.1, -0.05) is 12.1 Å². The first-order chi connectivity index (χ1) is 9.26. The van der Waals surface area contributed by atoms with E-state index in [4.69, 9.17) is 5.84 Å². The molecule has 0 radical (unpaired) electrons. The van der Waals surface area contributed by atoms with Crippen molar-refractivity contribution in [3.63, 3.8) is 0 Å². The van der Waals surface area contributed by atoms with Crippen molar-refractivity contribution in [3.05, 3.63) is 24.3 Å². The van der Waals surface area contributed by atoms with E-state index in [1.165, 1.54) is 6.07 Å². The number of nitrogens with one attached hydrogen (secondary N) is 3. The van der Waals surface area contributed by atoms with Crippen LogP contribution >= 0.6 is 0 Å². The predicted octanol–water partition coefficient (Wildman–Crippen LogP) is -0.810. The van der Waals surface area contributed by atoms with Crippen molar-refractivity contribution in [2.24, 2.45) is 5.84 Å². The minimum atomic E-state index is -3.69. The summed E-state index contributed by atoms with van der Waals surface area (Å²) in [6.07, 6.45) is 1.38. The molecule has 1 aromatic carbocycles. The highest BCUT2D eigenvalue weighted by atomic mass is 32.2. The molecule has 0 fully saturated rings. The molecule has 1 rings (SSSR count). The highest BCUT2D eigenvalue weighted by molar-refractivity contribution is 7.89. The SMILES string of the molecule is CS(=O)(=O)NCCCNS(=O)(=O)c1ccccc1NN. The van der Waals surface area contributed by atoms with Gasteiger partial charge in [-0.25, -0.2) is 26.3 Å². The zero-order valence-electron chi connectivity index (χ0n) is 11.0. The normalized spacial score (nSPS) is 12.3. The number of hydrazine groups is 1. The van der Waals surface area contributed by atoms with Crippen LogP contribution in [0, 0.1) is 0 Å². The molecule has 8 nitrogen and oxygen atoms in total. The van der Waals surface area contributed by atoms with Crippen LogP contribution < -0.4 is 20.7 Å². The number of sulfonamides is 2. The molecule has 0 bridgehead atoms. The van der Waals surface area contributed by atoms with E-state index in [2.05, 4.69) is 14.9 Å².